The second-order valence-electron chi connectivity index (χ2n) is 4.07. The van der Waals surface area contributed by atoms with Gasteiger partial charge in [-0.2, -0.15) is 0 Å². The number of benzene rings is 1. The summed E-state index contributed by atoms with van der Waals surface area (Å²) < 4.78 is 14.3. The summed E-state index contributed by atoms with van der Waals surface area (Å²) in [6.07, 6.45) is 0.986. The van der Waals surface area contributed by atoms with Crippen molar-refractivity contribution in [2.24, 2.45) is 0 Å². The van der Waals surface area contributed by atoms with Crippen molar-refractivity contribution in [3.63, 3.8) is 0 Å². The van der Waals surface area contributed by atoms with Gasteiger partial charge in [-0.25, -0.2) is 14.4 Å². The molecule has 1 heterocycles. The topological polar surface area (TPSA) is 82.8 Å². The van der Waals surface area contributed by atoms with Gasteiger partial charge in [0.15, 0.2) is 0 Å². The van der Waals surface area contributed by atoms with E-state index in [4.69, 9.17) is 4.74 Å². The maximum atomic E-state index is 11.8. The zero-order chi connectivity index (χ0) is 15.2. The minimum Gasteiger partial charge on any atom is -0.465 e. The molecule has 0 atom stereocenters. The average molecular weight is 288 g/mol. The Bertz CT molecular complexity index is 702. The fourth-order valence-electron chi connectivity index (χ4n) is 1.66. The van der Waals surface area contributed by atoms with E-state index in [1.165, 1.54) is 7.11 Å². The fraction of sp³-hybridized carbons (Fsp3) is 0.133. The van der Waals surface area contributed by atoms with E-state index >= 15 is 0 Å². The summed E-state index contributed by atoms with van der Waals surface area (Å²) in [5, 5.41) is 0. The lowest BCUT2D eigenvalue weighted by Gasteiger charge is -2.07. The van der Waals surface area contributed by atoms with Gasteiger partial charge in [0, 0.05) is 11.6 Å². The highest BCUT2D eigenvalue weighted by Gasteiger charge is 2.16. The highest BCUT2D eigenvalue weighted by atomic mass is 16.5. The molecule has 0 unspecified atom stereocenters. The number of ether oxygens (including phenoxy) is 2. The molecule has 0 radical (unpaired) electrons. The number of methoxy groups -OCH3 is 1. The average Bonchev–Trinajstić information content (AvgIpc) is 2.52. The molecule has 6 nitrogen and oxygen atoms in total. The second kappa shape index (κ2) is 6.51. The van der Waals surface area contributed by atoms with E-state index in [-0.39, 0.29) is 17.7 Å². The first-order valence-corrected chi connectivity index (χ1v) is 6.04. The van der Waals surface area contributed by atoms with Gasteiger partial charge in [0.2, 0.25) is 0 Å². The fourth-order valence-corrected chi connectivity index (χ4v) is 1.66. The molecular formula is C15H12O6. The lowest BCUT2D eigenvalue weighted by Crippen LogP contribution is -2.13. The number of hydrogen-bond acceptors (Lipinski definition) is 6. The normalized spacial score (nSPS) is 9.95. The SMILES string of the molecule is COC(=O)c1coc(=O)cc1COC(=O)c1ccccc1. The van der Waals surface area contributed by atoms with Gasteiger partial charge in [-0.05, 0) is 12.1 Å². The van der Waals surface area contributed by atoms with Crippen molar-refractivity contribution < 1.29 is 23.5 Å². The predicted octanol–water partition coefficient (Wildman–Crippen LogP) is 1.78. The van der Waals surface area contributed by atoms with E-state index < -0.39 is 17.6 Å². The van der Waals surface area contributed by atoms with Crippen LogP contribution in [0.15, 0.2) is 51.9 Å². The molecule has 0 fully saturated rings. The lowest BCUT2D eigenvalue weighted by molar-refractivity contribution is 0.0459. The third-order valence-corrected chi connectivity index (χ3v) is 2.70. The Morgan fingerprint density at radius 2 is 1.86 bits per heavy atom. The molecule has 21 heavy (non-hydrogen) atoms. The standard InChI is InChI=1S/C15H12O6/c1-19-15(18)12-9-20-13(16)7-11(12)8-21-14(17)10-5-3-2-4-6-10/h2-7,9H,8H2,1H3. The summed E-state index contributed by atoms with van der Waals surface area (Å²) in [6, 6.07) is 9.46. The lowest BCUT2D eigenvalue weighted by atomic mass is 10.1. The minimum atomic E-state index is -0.676. The molecule has 0 amide bonds. The highest BCUT2D eigenvalue weighted by molar-refractivity contribution is 5.91. The van der Waals surface area contributed by atoms with E-state index in [0.717, 1.165) is 12.3 Å². The molecule has 1 aromatic carbocycles. The smallest absolute Gasteiger partial charge is 0.341 e. The van der Waals surface area contributed by atoms with E-state index in [0.29, 0.717) is 5.56 Å². The Morgan fingerprint density at radius 1 is 1.14 bits per heavy atom. The van der Waals surface area contributed by atoms with Crippen molar-refractivity contribution >= 4 is 11.9 Å². The van der Waals surface area contributed by atoms with Crippen molar-refractivity contribution in [2.45, 2.75) is 6.61 Å². The number of carbonyl (C=O) groups excluding carboxylic acids is 2. The maximum Gasteiger partial charge on any atom is 0.341 e. The van der Waals surface area contributed by atoms with Crippen LogP contribution >= 0.6 is 0 Å². The molecule has 0 aliphatic rings. The minimum absolute atomic E-state index is 0.0398. The largest absolute Gasteiger partial charge is 0.465 e. The number of carbonyl (C=O) groups is 2. The van der Waals surface area contributed by atoms with Crippen LogP contribution in [0.25, 0.3) is 0 Å². The summed E-state index contributed by atoms with van der Waals surface area (Å²) in [4.78, 5) is 34.6. The van der Waals surface area contributed by atoms with Crippen molar-refractivity contribution in [2.75, 3.05) is 7.11 Å². The summed E-state index contributed by atoms with van der Waals surface area (Å²) in [5.41, 5.74) is -0.00570. The monoisotopic (exact) mass is 288 g/mol. The zero-order valence-corrected chi connectivity index (χ0v) is 11.2. The van der Waals surface area contributed by atoms with Crippen molar-refractivity contribution in [3.8, 4) is 0 Å². The Kier molecular flexibility index (Phi) is 4.50. The third-order valence-electron chi connectivity index (χ3n) is 2.70. The van der Waals surface area contributed by atoms with E-state index in [2.05, 4.69) is 9.15 Å². The van der Waals surface area contributed by atoms with E-state index in [9.17, 15) is 14.4 Å². The Hall–Kier alpha value is -2.89. The molecule has 0 spiro atoms. The van der Waals surface area contributed by atoms with Crippen molar-refractivity contribution in [1.29, 1.82) is 0 Å². The molecule has 0 saturated carbocycles. The predicted molar refractivity (Wildman–Crippen MR) is 71.9 cm³/mol. The van der Waals surface area contributed by atoms with Crippen LogP contribution in [-0.2, 0) is 16.1 Å². The van der Waals surface area contributed by atoms with E-state index in [1.807, 2.05) is 0 Å². The van der Waals surface area contributed by atoms with Crippen LogP contribution in [0.4, 0.5) is 0 Å². The number of hydrogen-bond donors (Lipinski definition) is 0. The molecule has 108 valence electrons. The number of rotatable bonds is 4. The molecule has 2 aromatic rings. The molecule has 0 bridgehead atoms. The van der Waals surface area contributed by atoms with Crippen LogP contribution in [0.1, 0.15) is 26.3 Å². The summed E-state index contributed by atoms with van der Waals surface area (Å²) in [5.74, 6) is -1.23. The molecule has 2 rings (SSSR count). The summed E-state index contributed by atoms with van der Waals surface area (Å²) >= 11 is 0. The molecule has 1 aromatic heterocycles. The van der Waals surface area contributed by atoms with Crippen molar-refractivity contribution in [3.05, 3.63) is 69.8 Å². The molecule has 0 aliphatic heterocycles. The molecule has 0 saturated heterocycles. The van der Waals surface area contributed by atoms with Gasteiger partial charge in [-0.1, -0.05) is 18.2 Å². The van der Waals surface area contributed by atoms with Crippen LogP contribution < -0.4 is 5.63 Å². The van der Waals surface area contributed by atoms with Gasteiger partial charge >= 0.3 is 17.6 Å². The van der Waals surface area contributed by atoms with Crippen LogP contribution in [0, 0.1) is 0 Å². The summed E-state index contributed by atoms with van der Waals surface area (Å²) in [6.45, 7) is -0.232. The Morgan fingerprint density at radius 3 is 2.52 bits per heavy atom. The highest BCUT2D eigenvalue weighted by Crippen LogP contribution is 2.11. The van der Waals surface area contributed by atoms with Gasteiger partial charge < -0.3 is 13.9 Å². The second-order valence-corrected chi connectivity index (χ2v) is 4.07. The Balaban J connectivity index is 2.16. The van der Waals surface area contributed by atoms with Crippen molar-refractivity contribution in [1.82, 2.24) is 0 Å². The van der Waals surface area contributed by atoms with Crippen LogP contribution in [0.3, 0.4) is 0 Å². The molecule has 0 aliphatic carbocycles. The van der Waals surface area contributed by atoms with Gasteiger partial charge in [0.1, 0.15) is 18.4 Å². The van der Waals surface area contributed by atoms with Gasteiger partial charge in [0.25, 0.3) is 0 Å². The third kappa shape index (κ3) is 3.56. The first-order valence-electron chi connectivity index (χ1n) is 6.04. The first-order chi connectivity index (χ1) is 10.1. The van der Waals surface area contributed by atoms with Gasteiger partial charge in [-0.3, -0.25) is 0 Å². The van der Waals surface area contributed by atoms with Crippen LogP contribution in [-0.4, -0.2) is 19.0 Å². The van der Waals surface area contributed by atoms with Crippen LogP contribution in [0.5, 0.6) is 0 Å². The van der Waals surface area contributed by atoms with Gasteiger partial charge in [0.05, 0.1) is 12.7 Å². The molecular weight excluding hydrogens is 276 g/mol. The zero-order valence-electron chi connectivity index (χ0n) is 11.2. The van der Waals surface area contributed by atoms with Crippen LogP contribution in [0.2, 0.25) is 0 Å². The molecule has 6 heteroatoms. The molecule has 0 N–H and O–H groups in total. The first kappa shape index (κ1) is 14.5. The van der Waals surface area contributed by atoms with E-state index in [1.54, 1.807) is 30.3 Å². The maximum absolute atomic E-state index is 11.8. The number of esters is 2. The van der Waals surface area contributed by atoms with Gasteiger partial charge in [-0.15, -0.1) is 0 Å². The summed E-state index contributed by atoms with van der Waals surface area (Å²) in [7, 11) is 1.20. The quantitative estimate of drug-likeness (QED) is 0.797. The Labute approximate surface area is 119 Å².